The van der Waals surface area contributed by atoms with E-state index in [1.807, 2.05) is 0 Å². The molecule has 0 amide bonds. The van der Waals surface area contributed by atoms with Crippen LogP contribution in [0.4, 0.5) is 18.9 Å². The first-order valence-corrected chi connectivity index (χ1v) is 6.65. The summed E-state index contributed by atoms with van der Waals surface area (Å²) < 4.78 is 37.7. The quantitative estimate of drug-likeness (QED) is 0.832. The van der Waals surface area contributed by atoms with Crippen molar-refractivity contribution in [2.24, 2.45) is 0 Å². The Morgan fingerprint density at radius 2 is 2.05 bits per heavy atom. The van der Waals surface area contributed by atoms with Crippen LogP contribution in [0.3, 0.4) is 0 Å². The van der Waals surface area contributed by atoms with Gasteiger partial charge in [0.2, 0.25) is 0 Å². The minimum absolute atomic E-state index is 0.0437. The van der Waals surface area contributed by atoms with Crippen LogP contribution in [0.5, 0.6) is 0 Å². The molecule has 0 aromatic heterocycles. The minimum Gasteiger partial charge on any atom is -0.389 e. The number of hydrogen-bond donors (Lipinski definition) is 1. The Kier molecular flexibility index (Phi) is 4.30. The van der Waals surface area contributed by atoms with E-state index >= 15 is 0 Å². The molecule has 0 saturated heterocycles. The van der Waals surface area contributed by atoms with Gasteiger partial charge in [-0.15, -0.1) is 0 Å². The molecule has 1 N–H and O–H groups in total. The SMILES string of the molecule is CC(O)c1ccc(N2CC=C(C(F)(F)F)CC2)c(Cl)c1. The molecule has 1 aliphatic rings. The number of nitrogens with zero attached hydrogens (tertiary/aromatic N) is 1. The lowest BCUT2D eigenvalue weighted by Crippen LogP contribution is -2.32. The maximum Gasteiger partial charge on any atom is 0.412 e. The molecule has 1 aromatic rings. The molecule has 1 aliphatic heterocycles. The fraction of sp³-hybridized carbons (Fsp3) is 0.429. The second-order valence-corrected chi connectivity index (χ2v) is 5.22. The van der Waals surface area contributed by atoms with Crippen LogP contribution in [-0.2, 0) is 0 Å². The molecule has 1 unspecified atom stereocenters. The molecule has 2 rings (SSSR count). The lowest BCUT2D eigenvalue weighted by molar-refractivity contribution is -0.0943. The number of halogens is 4. The van der Waals surface area contributed by atoms with Gasteiger partial charge >= 0.3 is 6.18 Å². The Hall–Kier alpha value is -1.20. The van der Waals surface area contributed by atoms with Gasteiger partial charge in [-0.2, -0.15) is 13.2 Å². The van der Waals surface area contributed by atoms with E-state index in [1.165, 1.54) is 6.08 Å². The summed E-state index contributed by atoms with van der Waals surface area (Å²) in [7, 11) is 0. The predicted molar refractivity (Wildman–Crippen MR) is 73.1 cm³/mol. The second-order valence-electron chi connectivity index (χ2n) is 4.81. The molecule has 0 aliphatic carbocycles. The maximum absolute atomic E-state index is 12.6. The van der Waals surface area contributed by atoms with E-state index in [1.54, 1.807) is 30.0 Å². The summed E-state index contributed by atoms with van der Waals surface area (Å²) in [6.45, 7) is 2.09. The Morgan fingerprint density at radius 3 is 2.50 bits per heavy atom. The van der Waals surface area contributed by atoms with Gasteiger partial charge in [-0.1, -0.05) is 23.7 Å². The standard InChI is InChI=1S/C14H15ClF3NO/c1-9(20)10-2-3-13(12(15)8-10)19-6-4-11(5-7-19)14(16,17)18/h2-4,8-9,20H,5-7H2,1H3. The van der Waals surface area contributed by atoms with Gasteiger partial charge in [0.1, 0.15) is 0 Å². The maximum atomic E-state index is 12.6. The van der Waals surface area contributed by atoms with Crippen LogP contribution >= 0.6 is 11.6 Å². The largest absolute Gasteiger partial charge is 0.412 e. The molecule has 1 heterocycles. The third kappa shape index (κ3) is 3.27. The predicted octanol–water partition coefficient (Wildman–Crippen LogP) is 4.09. The fourth-order valence-electron chi connectivity index (χ4n) is 2.18. The van der Waals surface area contributed by atoms with Crippen LogP contribution in [0.2, 0.25) is 5.02 Å². The Balaban J connectivity index is 2.17. The van der Waals surface area contributed by atoms with Gasteiger partial charge in [-0.3, -0.25) is 0 Å². The van der Waals surface area contributed by atoms with Crippen molar-refractivity contribution >= 4 is 17.3 Å². The summed E-state index contributed by atoms with van der Waals surface area (Å²) in [6, 6.07) is 5.11. The number of benzene rings is 1. The number of rotatable bonds is 2. The number of alkyl halides is 3. The van der Waals surface area contributed by atoms with Crippen LogP contribution < -0.4 is 4.90 Å². The van der Waals surface area contributed by atoms with Crippen molar-refractivity contribution in [2.75, 3.05) is 18.0 Å². The summed E-state index contributed by atoms with van der Waals surface area (Å²) in [5.41, 5.74) is 0.890. The van der Waals surface area contributed by atoms with E-state index < -0.39 is 17.9 Å². The van der Waals surface area contributed by atoms with Gasteiger partial charge in [0.25, 0.3) is 0 Å². The number of aliphatic hydroxyl groups excluding tert-OH is 1. The zero-order chi connectivity index (χ0) is 14.9. The Bertz CT molecular complexity index is 526. The topological polar surface area (TPSA) is 23.5 Å². The molecule has 110 valence electrons. The normalized spacial score (nSPS) is 17.9. The molecule has 2 nitrogen and oxygen atoms in total. The first-order chi connectivity index (χ1) is 9.29. The van der Waals surface area contributed by atoms with Gasteiger partial charge in [0, 0.05) is 18.7 Å². The highest BCUT2D eigenvalue weighted by Crippen LogP contribution is 2.34. The van der Waals surface area contributed by atoms with E-state index in [2.05, 4.69) is 0 Å². The molecule has 1 aromatic carbocycles. The lowest BCUT2D eigenvalue weighted by atomic mass is 10.1. The third-order valence-electron chi connectivity index (χ3n) is 3.37. The van der Waals surface area contributed by atoms with Crippen LogP contribution in [0.25, 0.3) is 0 Å². The van der Waals surface area contributed by atoms with Gasteiger partial charge in [0.15, 0.2) is 0 Å². The summed E-state index contributed by atoms with van der Waals surface area (Å²) in [5.74, 6) is 0. The Labute approximate surface area is 120 Å². The molecule has 1 atom stereocenters. The van der Waals surface area contributed by atoms with Gasteiger partial charge < -0.3 is 10.0 Å². The molecular weight excluding hydrogens is 291 g/mol. The first kappa shape index (κ1) is 15.2. The summed E-state index contributed by atoms with van der Waals surface area (Å²) in [4.78, 5) is 1.80. The van der Waals surface area contributed by atoms with Crippen LogP contribution in [0.15, 0.2) is 29.8 Å². The highest BCUT2D eigenvalue weighted by atomic mass is 35.5. The third-order valence-corrected chi connectivity index (χ3v) is 3.67. The monoisotopic (exact) mass is 305 g/mol. The number of aliphatic hydroxyl groups is 1. The lowest BCUT2D eigenvalue weighted by Gasteiger charge is -2.30. The zero-order valence-electron chi connectivity index (χ0n) is 10.9. The van der Waals surface area contributed by atoms with E-state index in [4.69, 9.17) is 11.6 Å². The average molecular weight is 306 g/mol. The van der Waals surface area contributed by atoms with Crippen molar-refractivity contribution in [1.82, 2.24) is 0 Å². The second kappa shape index (κ2) is 5.66. The summed E-state index contributed by atoms with van der Waals surface area (Å²) in [5, 5.41) is 9.90. The fourth-order valence-corrected chi connectivity index (χ4v) is 2.49. The molecule has 0 spiro atoms. The van der Waals surface area contributed by atoms with Crippen molar-refractivity contribution in [3.8, 4) is 0 Å². The smallest absolute Gasteiger partial charge is 0.389 e. The minimum atomic E-state index is -4.24. The zero-order valence-corrected chi connectivity index (χ0v) is 11.7. The van der Waals surface area contributed by atoms with Crippen LogP contribution in [0.1, 0.15) is 25.0 Å². The van der Waals surface area contributed by atoms with Gasteiger partial charge in [-0.05, 0) is 31.0 Å². The Morgan fingerprint density at radius 1 is 1.35 bits per heavy atom. The molecule has 6 heteroatoms. The highest BCUT2D eigenvalue weighted by Gasteiger charge is 2.34. The van der Waals surface area contributed by atoms with E-state index in [9.17, 15) is 18.3 Å². The number of anilines is 1. The van der Waals surface area contributed by atoms with Crippen LogP contribution in [0, 0.1) is 0 Å². The molecule has 0 bridgehead atoms. The highest BCUT2D eigenvalue weighted by molar-refractivity contribution is 6.33. The van der Waals surface area contributed by atoms with Crippen molar-refractivity contribution in [2.45, 2.75) is 25.6 Å². The molecule has 0 fully saturated rings. The molecule has 0 saturated carbocycles. The van der Waals surface area contributed by atoms with Crippen molar-refractivity contribution in [3.05, 3.63) is 40.4 Å². The van der Waals surface area contributed by atoms with E-state index in [-0.39, 0.29) is 19.5 Å². The van der Waals surface area contributed by atoms with Crippen molar-refractivity contribution in [3.63, 3.8) is 0 Å². The molecule has 20 heavy (non-hydrogen) atoms. The number of hydrogen-bond acceptors (Lipinski definition) is 2. The van der Waals surface area contributed by atoms with Crippen molar-refractivity contribution in [1.29, 1.82) is 0 Å². The van der Waals surface area contributed by atoms with Gasteiger partial charge in [0.05, 0.1) is 16.8 Å². The molecular formula is C14H15ClF3NO. The van der Waals surface area contributed by atoms with E-state index in [0.29, 0.717) is 16.3 Å². The van der Waals surface area contributed by atoms with Crippen molar-refractivity contribution < 1.29 is 18.3 Å². The van der Waals surface area contributed by atoms with Gasteiger partial charge in [-0.25, -0.2) is 0 Å². The van der Waals surface area contributed by atoms with Crippen LogP contribution in [-0.4, -0.2) is 24.4 Å². The molecule has 0 radical (unpaired) electrons. The average Bonchev–Trinajstić information content (AvgIpc) is 2.37. The van der Waals surface area contributed by atoms with E-state index in [0.717, 1.165) is 0 Å². The first-order valence-electron chi connectivity index (χ1n) is 6.27. The summed E-state index contributed by atoms with van der Waals surface area (Å²) in [6.07, 6.45) is -3.72. The summed E-state index contributed by atoms with van der Waals surface area (Å²) >= 11 is 6.14.